The van der Waals surface area contributed by atoms with Gasteiger partial charge in [0.1, 0.15) is 0 Å². The van der Waals surface area contributed by atoms with Gasteiger partial charge in [0.05, 0.1) is 18.7 Å². The molecule has 0 spiro atoms. The first kappa shape index (κ1) is 12.4. The van der Waals surface area contributed by atoms with Crippen molar-refractivity contribution in [3.8, 4) is 0 Å². The molecule has 1 aromatic heterocycles. The van der Waals surface area contributed by atoms with Gasteiger partial charge >= 0.3 is 0 Å². The van der Waals surface area contributed by atoms with Crippen LogP contribution in [0.15, 0.2) is 0 Å². The minimum absolute atomic E-state index is 0.154. The third-order valence-corrected chi connectivity index (χ3v) is 3.35. The Bertz CT molecular complexity index is 349. The number of aromatic nitrogens is 4. The molecule has 2 atom stereocenters. The van der Waals surface area contributed by atoms with Gasteiger partial charge in [-0.15, -0.1) is 5.10 Å². The third-order valence-electron chi connectivity index (χ3n) is 3.35. The first-order valence-electron chi connectivity index (χ1n) is 6.24. The van der Waals surface area contributed by atoms with Gasteiger partial charge in [-0.2, -0.15) is 0 Å². The molecular weight excluding hydrogens is 218 g/mol. The van der Waals surface area contributed by atoms with Crippen LogP contribution in [0.2, 0.25) is 0 Å². The van der Waals surface area contributed by atoms with Crippen LogP contribution in [0.3, 0.4) is 0 Å². The van der Waals surface area contributed by atoms with Gasteiger partial charge in [-0.25, -0.2) is 4.68 Å². The first-order chi connectivity index (χ1) is 8.24. The SMILES string of the molecule is COCCNC(C)c1nnnn1C(C)C1CC1. The highest BCUT2D eigenvalue weighted by Crippen LogP contribution is 2.39. The van der Waals surface area contributed by atoms with Crippen LogP contribution in [0.1, 0.15) is 44.6 Å². The fraction of sp³-hybridized carbons (Fsp3) is 0.909. The summed E-state index contributed by atoms with van der Waals surface area (Å²) in [6.07, 6.45) is 2.60. The van der Waals surface area contributed by atoms with Crippen molar-refractivity contribution in [1.29, 1.82) is 0 Å². The van der Waals surface area contributed by atoms with E-state index in [-0.39, 0.29) is 6.04 Å². The fourth-order valence-corrected chi connectivity index (χ4v) is 2.02. The van der Waals surface area contributed by atoms with Gasteiger partial charge in [0, 0.05) is 13.7 Å². The molecule has 17 heavy (non-hydrogen) atoms. The lowest BCUT2D eigenvalue weighted by Gasteiger charge is -2.17. The maximum atomic E-state index is 5.01. The summed E-state index contributed by atoms with van der Waals surface area (Å²) in [4.78, 5) is 0. The lowest BCUT2D eigenvalue weighted by atomic mass is 10.2. The van der Waals surface area contributed by atoms with Crippen molar-refractivity contribution in [3.05, 3.63) is 5.82 Å². The van der Waals surface area contributed by atoms with Crippen LogP contribution in [0, 0.1) is 5.92 Å². The summed E-state index contributed by atoms with van der Waals surface area (Å²) in [5, 5.41) is 15.4. The summed E-state index contributed by atoms with van der Waals surface area (Å²) < 4.78 is 6.97. The van der Waals surface area contributed by atoms with Crippen molar-refractivity contribution in [2.24, 2.45) is 5.92 Å². The highest BCUT2D eigenvalue weighted by atomic mass is 16.5. The molecule has 0 saturated heterocycles. The monoisotopic (exact) mass is 239 g/mol. The Kier molecular flexibility index (Phi) is 4.06. The summed E-state index contributed by atoms with van der Waals surface area (Å²) in [5.41, 5.74) is 0. The second-order valence-corrected chi connectivity index (χ2v) is 4.73. The Morgan fingerprint density at radius 1 is 1.47 bits per heavy atom. The number of hydrogen-bond donors (Lipinski definition) is 1. The molecule has 1 aromatic rings. The average molecular weight is 239 g/mol. The lowest BCUT2D eigenvalue weighted by molar-refractivity contribution is 0.195. The van der Waals surface area contributed by atoms with Gasteiger partial charge < -0.3 is 10.1 Å². The normalized spacial score (nSPS) is 19.2. The van der Waals surface area contributed by atoms with Crippen LogP contribution in [-0.4, -0.2) is 40.5 Å². The largest absolute Gasteiger partial charge is 0.383 e. The molecule has 0 bridgehead atoms. The topological polar surface area (TPSA) is 64.9 Å². The smallest absolute Gasteiger partial charge is 0.168 e. The zero-order valence-electron chi connectivity index (χ0n) is 10.8. The summed E-state index contributed by atoms with van der Waals surface area (Å²) in [6, 6.07) is 0.563. The Labute approximate surface area is 102 Å². The fourth-order valence-electron chi connectivity index (χ4n) is 2.02. The van der Waals surface area contributed by atoms with E-state index in [9.17, 15) is 0 Å². The van der Waals surface area contributed by atoms with E-state index in [4.69, 9.17) is 4.74 Å². The van der Waals surface area contributed by atoms with Gasteiger partial charge in [-0.1, -0.05) is 0 Å². The standard InChI is InChI=1S/C11H21N5O/c1-8(12-6-7-17-3)11-13-14-15-16(11)9(2)10-4-5-10/h8-10,12H,4-7H2,1-3H3. The predicted octanol–water partition coefficient (Wildman–Crippen LogP) is 0.941. The van der Waals surface area contributed by atoms with Crippen molar-refractivity contribution in [2.45, 2.75) is 38.8 Å². The predicted molar refractivity (Wildman–Crippen MR) is 63.5 cm³/mol. The van der Waals surface area contributed by atoms with Crippen molar-refractivity contribution < 1.29 is 4.74 Å². The van der Waals surface area contributed by atoms with Gasteiger partial charge in [0.15, 0.2) is 5.82 Å². The number of ether oxygens (including phenoxy) is 1. The van der Waals surface area contributed by atoms with Crippen LogP contribution in [0.5, 0.6) is 0 Å². The molecule has 96 valence electrons. The molecule has 1 N–H and O–H groups in total. The zero-order chi connectivity index (χ0) is 12.3. The van der Waals surface area contributed by atoms with E-state index in [0.717, 1.165) is 18.3 Å². The quantitative estimate of drug-likeness (QED) is 0.717. The molecule has 1 heterocycles. The first-order valence-corrected chi connectivity index (χ1v) is 6.24. The summed E-state index contributed by atoms with van der Waals surface area (Å²) in [7, 11) is 1.70. The second kappa shape index (κ2) is 5.55. The van der Waals surface area contributed by atoms with Crippen molar-refractivity contribution in [2.75, 3.05) is 20.3 Å². The van der Waals surface area contributed by atoms with Gasteiger partial charge in [-0.05, 0) is 43.0 Å². The number of tetrazole rings is 1. The number of nitrogens with one attached hydrogen (secondary N) is 1. The molecule has 6 nitrogen and oxygen atoms in total. The van der Waals surface area contributed by atoms with Crippen LogP contribution < -0.4 is 5.32 Å². The number of methoxy groups -OCH3 is 1. The molecular formula is C11H21N5O. The minimum Gasteiger partial charge on any atom is -0.383 e. The number of hydrogen-bond acceptors (Lipinski definition) is 5. The molecule has 1 fully saturated rings. The van der Waals surface area contributed by atoms with E-state index in [1.165, 1.54) is 12.8 Å². The van der Waals surface area contributed by atoms with Crippen LogP contribution >= 0.6 is 0 Å². The van der Waals surface area contributed by atoms with E-state index < -0.39 is 0 Å². The summed E-state index contributed by atoms with van der Waals surface area (Å²) in [5.74, 6) is 1.67. The van der Waals surface area contributed by atoms with E-state index in [0.29, 0.717) is 12.6 Å². The summed E-state index contributed by atoms with van der Waals surface area (Å²) >= 11 is 0. The average Bonchev–Trinajstić information content (AvgIpc) is 3.05. The van der Waals surface area contributed by atoms with Crippen molar-refractivity contribution in [3.63, 3.8) is 0 Å². The molecule has 0 aliphatic heterocycles. The highest BCUT2D eigenvalue weighted by Gasteiger charge is 2.32. The van der Waals surface area contributed by atoms with E-state index >= 15 is 0 Å². The molecule has 1 aliphatic rings. The zero-order valence-corrected chi connectivity index (χ0v) is 10.8. The van der Waals surface area contributed by atoms with Gasteiger partial charge in [0.2, 0.25) is 0 Å². The Morgan fingerprint density at radius 3 is 2.88 bits per heavy atom. The van der Waals surface area contributed by atoms with Crippen LogP contribution in [0.25, 0.3) is 0 Å². The minimum atomic E-state index is 0.154. The second-order valence-electron chi connectivity index (χ2n) is 4.73. The van der Waals surface area contributed by atoms with E-state index in [1.54, 1.807) is 7.11 Å². The van der Waals surface area contributed by atoms with Gasteiger partial charge in [0.25, 0.3) is 0 Å². The molecule has 2 unspecified atom stereocenters. The molecule has 0 radical (unpaired) electrons. The lowest BCUT2D eigenvalue weighted by Crippen LogP contribution is -2.26. The maximum absolute atomic E-state index is 5.01. The van der Waals surface area contributed by atoms with E-state index in [2.05, 4.69) is 34.7 Å². The number of rotatable bonds is 7. The molecule has 1 saturated carbocycles. The molecule has 2 rings (SSSR count). The van der Waals surface area contributed by atoms with Crippen molar-refractivity contribution in [1.82, 2.24) is 25.5 Å². The Hall–Kier alpha value is -1.01. The van der Waals surface area contributed by atoms with Crippen LogP contribution in [0.4, 0.5) is 0 Å². The van der Waals surface area contributed by atoms with Crippen molar-refractivity contribution >= 4 is 0 Å². The van der Waals surface area contributed by atoms with Gasteiger partial charge in [-0.3, -0.25) is 0 Å². The highest BCUT2D eigenvalue weighted by molar-refractivity contribution is 4.94. The molecule has 0 aromatic carbocycles. The number of nitrogens with zero attached hydrogens (tertiary/aromatic N) is 4. The molecule has 1 aliphatic carbocycles. The maximum Gasteiger partial charge on any atom is 0.168 e. The van der Waals surface area contributed by atoms with E-state index in [1.807, 2.05) is 4.68 Å². The molecule has 6 heteroatoms. The van der Waals surface area contributed by atoms with Crippen LogP contribution in [-0.2, 0) is 4.74 Å². The summed E-state index contributed by atoms with van der Waals surface area (Å²) in [6.45, 7) is 5.78. The molecule has 0 amide bonds. The Morgan fingerprint density at radius 2 is 2.24 bits per heavy atom. The third kappa shape index (κ3) is 3.01. The Balaban J connectivity index is 1.97.